The minimum absolute atomic E-state index is 0.204. The SMILES string of the molecule is Cc1ccc(NC(=O)/C=C/c2ccc(-c3ccc(C)c(Cl)c3)o2)cc1C. The lowest BCUT2D eigenvalue weighted by molar-refractivity contribution is -0.111. The van der Waals surface area contributed by atoms with E-state index < -0.39 is 0 Å². The predicted octanol–water partition coefficient (Wildman–Crippen LogP) is 6.18. The fourth-order valence-electron chi connectivity index (χ4n) is 2.50. The van der Waals surface area contributed by atoms with Gasteiger partial charge >= 0.3 is 0 Å². The summed E-state index contributed by atoms with van der Waals surface area (Å²) in [5, 5.41) is 3.55. The molecular formula is C22H20ClNO2. The van der Waals surface area contributed by atoms with Crippen LogP contribution >= 0.6 is 11.6 Å². The van der Waals surface area contributed by atoms with Gasteiger partial charge < -0.3 is 9.73 Å². The van der Waals surface area contributed by atoms with Gasteiger partial charge in [-0.15, -0.1) is 0 Å². The van der Waals surface area contributed by atoms with Gasteiger partial charge in [0, 0.05) is 22.3 Å². The van der Waals surface area contributed by atoms with Gasteiger partial charge in [0.1, 0.15) is 11.5 Å². The Hall–Kier alpha value is -2.78. The highest BCUT2D eigenvalue weighted by molar-refractivity contribution is 6.31. The highest BCUT2D eigenvalue weighted by Crippen LogP contribution is 2.27. The predicted molar refractivity (Wildman–Crippen MR) is 107 cm³/mol. The van der Waals surface area contributed by atoms with Crippen molar-refractivity contribution in [3.8, 4) is 11.3 Å². The first kappa shape index (κ1) is 18.0. The Labute approximate surface area is 158 Å². The molecule has 26 heavy (non-hydrogen) atoms. The van der Waals surface area contributed by atoms with Gasteiger partial charge in [-0.1, -0.05) is 29.8 Å². The molecule has 0 unspecified atom stereocenters. The summed E-state index contributed by atoms with van der Waals surface area (Å²) in [6, 6.07) is 15.3. The molecule has 1 N–H and O–H groups in total. The summed E-state index contributed by atoms with van der Waals surface area (Å²) in [6.45, 7) is 6.01. The molecule has 0 radical (unpaired) electrons. The van der Waals surface area contributed by atoms with Gasteiger partial charge in [-0.2, -0.15) is 0 Å². The second kappa shape index (κ2) is 7.63. The number of furan rings is 1. The van der Waals surface area contributed by atoms with Crippen molar-refractivity contribution in [3.05, 3.63) is 82.1 Å². The van der Waals surface area contributed by atoms with Crippen LogP contribution in [0.3, 0.4) is 0 Å². The molecule has 0 saturated carbocycles. The summed E-state index contributed by atoms with van der Waals surface area (Å²) in [6.07, 6.45) is 3.11. The van der Waals surface area contributed by atoms with E-state index in [2.05, 4.69) is 5.32 Å². The zero-order chi connectivity index (χ0) is 18.7. The molecule has 1 heterocycles. The van der Waals surface area contributed by atoms with Gasteiger partial charge in [0.25, 0.3) is 0 Å². The molecule has 0 spiro atoms. The van der Waals surface area contributed by atoms with Gasteiger partial charge in [-0.25, -0.2) is 0 Å². The van der Waals surface area contributed by atoms with Crippen LogP contribution in [0.15, 0.2) is 59.0 Å². The van der Waals surface area contributed by atoms with Crippen molar-refractivity contribution in [2.24, 2.45) is 0 Å². The standard InChI is InChI=1S/C22H20ClNO2/c1-14-5-7-18(12-16(14)3)24-22(25)11-9-19-8-10-21(26-19)17-6-4-15(2)20(23)13-17/h4-13H,1-3H3,(H,24,25)/b11-9+. The Kier molecular flexibility index (Phi) is 5.29. The number of carbonyl (C=O) groups excluding carboxylic acids is 1. The van der Waals surface area contributed by atoms with E-state index in [-0.39, 0.29) is 5.91 Å². The van der Waals surface area contributed by atoms with Gasteiger partial charge in [0.15, 0.2) is 0 Å². The van der Waals surface area contributed by atoms with Gasteiger partial charge in [-0.05, 0) is 73.9 Å². The number of amides is 1. The minimum atomic E-state index is -0.204. The van der Waals surface area contributed by atoms with E-state index >= 15 is 0 Å². The lowest BCUT2D eigenvalue weighted by Gasteiger charge is -2.05. The molecule has 0 aliphatic heterocycles. The average molecular weight is 366 g/mol. The topological polar surface area (TPSA) is 42.2 Å². The van der Waals surface area contributed by atoms with E-state index in [0.29, 0.717) is 16.5 Å². The summed E-state index contributed by atoms with van der Waals surface area (Å²) < 4.78 is 5.77. The number of anilines is 1. The molecule has 4 heteroatoms. The molecule has 3 rings (SSSR count). The summed E-state index contributed by atoms with van der Waals surface area (Å²) in [7, 11) is 0. The Morgan fingerprint density at radius 3 is 2.46 bits per heavy atom. The van der Waals surface area contributed by atoms with Crippen LogP contribution in [0.5, 0.6) is 0 Å². The zero-order valence-corrected chi connectivity index (χ0v) is 15.7. The Bertz CT molecular complexity index is 986. The van der Waals surface area contributed by atoms with Gasteiger partial charge in [-0.3, -0.25) is 4.79 Å². The van der Waals surface area contributed by atoms with Crippen LogP contribution in [0.1, 0.15) is 22.5 Å². The summed E-state index contributed by atoms with van der Waals surface area (Å²) in [5.74, 6) is 1.11. The number of halogens is 1. The van der Waals surface area contributed by atoms with E-state index in [9.17, 15) is 4.79 Å². The second-order valence-electron chi connectivity index (χ2n) is 6.29. The average Bonchev–Trinajstić information content (AvgIpc) is 3.08. The maximum atomic E-state index is 12.1. The summed E-state index contributed by atoms with van der Waals surface area (Å²) >= 11 is 6.16. The van der Waals surface area contributed by atoms with E-state index in [1.165, 1.54) is 11.6 Å². The number of rotatable bonds is 4. The highest BCUT2D eigenvalue weighted by Gasteiger charge is 2.06. The first-order valence-corrected chi connectivity index (χ1v) is 8.73. The van der Waals surface area contributed by atoms with Crippen molar-refractivity contribution < 1.29 is 9.21 Å². The highest BCUT2D eigenvalue weighted by atomic mass is 35.5. The zero-order valence-electron chi connectivity index (χ0n) is 15.0. The van der Waals surface area contributed by atoms with Crippen LogP contribution in [-0.4, -0.2) is 5.91 Å². The Morgan fingerprint density at radius 1 is 0.962 bits per heavy atom. The van der Waals surface area contributed by atoms with Crippen LogP contribution in [0.25, 0.3) is 17.4 Å². The van der Waals surface area contributed by atoms with Gasteiger partial charge in [0.05, 0.1) is 0 Å². The molecule has 0 bridgehead atoms. The quantitative estimate of drug-likeness (QED) is 0.561. The number of aryl methyl sites for hydroxylation is 3. The maximum absolute atomic E-state index is 12.1. The lowest BCUT2D eigenvalue weighted by atomic mass is 10.1. The van der Waals surface area contributed by atoms with Gasteiger partial charge in [0.2, 0.25) is 5.91 Å². The maximum Gasteiger partial charge on any atom is 0.248 e. The van der Waals surface area contributed by atoms with E-state index in [0.717, 1.165) is 22.4 Å². The number of carbonyl (C=O) groups is 1. The van der Waals surface area contributed by atoms with Crippen LogP contribution < -0.4 is 5.32 Å². The van der Waals surface area contributed by atoms with Crippen LogP contribution in [0.4, 0.5) is 5.69 Å². The molecule has 0 aliphatic carbocycles. The van der Waals surface area contributed by atoms with E-state index in [4.69, 9.17) is 16.0 Å². The van der Waals surface area contributed by atoms with Crippen molar-refractivity contribution in [2.75, 3.05) is 5.32 Å². The third-order valence-corrected chi connectivity index (χ3v) is 4.66. The van der Waals surface area contributed by atoms with Crippen molar-refractivity contribution in [1.29, 1.82) is 0 Å². The molecule has 3 nitrogen and oxygen atoms in total. The monoisotopic (exact) mass is 365 g/mol. The second-order valence-corrected chi connectivity index (χ2v) is 6.69. The van der Waals surface area contributed by atoms with Crippen molar-refractivity contribution in [1.82, 2.24) is 0 Å². The first-order valence-electron chi connectivity index (χ1n) is 8.35. The Balaban J connectivity index is 1.68. The number of benzene rings is 2. The molecule has 3 aromatic rings. The number of hydrogen-bond acceptors (Lipinski definition) is 2. The Morgan fingerprint density at radius 2 is 1.73 bits per heavy atom. The fraction of sp³-hybridized carbons (Fsp3) is 0.136. The van der Waals surface area contributed by atoms with Crippen molar-refractivity contribution in [2.45, 2.75) is 20.8 Å². The lowest BCUT2D eigenvalue weighted by Crippen LogP contribution is -2.07. The molecular weight excluding hydrogens is 346 g/mol. The molecule has 1 aromatic heterocycles. The third kappa shape index (κ3) is 4.24. The first-order chi connectivity index (χ1) is 12.4. The largest absolute Gasteiger partial charge is 0.457 e. The molecule has 0 atom stereocenters. The smallest absolute Gasteiger partial charge is 0.248 e. The molecule has 132 valence electrons. The number of hydrogen-bond donors (Lipinski definition) is 1. The van der Waals surface area contributed by atoms with E-state index in [1.807, 2.05) is 69.3 Å². The fourth-order valence-corrected chi connectivity index (χ4v) is 2.69. The van der Waals surface area contributed by atoms with Crippen LogP contribution in [0, 0.1) is 20.8 Å². The number of nitrogens with one attached hydrogen (secondary N) is 1. The summed E-state index contributed by atoms with van der Waals surface area (Å²) in [4.78, 5) is 12.1. The molecule has 0 aliphatic rings. The third-order valence-electron chi connectivity index (χ3n) is 4.26. The molecule has 0 saturated heterocycles. The molecule has 2 aromatic carbocycles. The van der Waals surface area contributed by atoms with E-state index in [1.54, 1.807) is 6.08 Å². The van der Waals surface area contributed by atoms with Crippen LogP contribution in [0.2, 0.25) is 5.02 Å². The van der Waals surface area contributed by atoms with Crippen molar-refractivity contribution >= 4 is 29.3 Å². The molecule has 1 amide bonds. The normalized spacial score (nSPS) is 11.1. The molecule has 0 fully saturated rings. The van der Waals surface area contributed by atoms with Crippen molar-refractivity contribution in [3.63, 3.8) is 0 Å². The van der Waals surface area contributed by atoms with Crippen LogP contribution in [-0.2, 0) is 4.79 Å². The minimum Gasteiger partial charge on any atom is -0.457 e. The summed E-state index contributed by atoms with van der Waals surface area (Å²) in [5.41, 5.74) is 5.03.